The SMILES string of the molecule is CC1c2cccn2CCN1S(=O)(=O)c1ccccc1F. The second-order valence-corrected chi connectivity index (χ2v) is 6.71. The molecule has 0 radical (unpaired) electrons. The van der Waals surface area contributed by atoms with Gasteiger partial charge in [-0.2, -0.15) is 4.31 Å². The van der Waals surface area contributed by atoms with Crippen molar-refractivity contribution >= 4 is 10.0 Å². The van der Waals surface area contributed by atoms with E-state index in [1.807, 2.05) is 29.8 Å². The molecule has 2 heterocycles. The summed E-state index contributed by atoms with van der Waals surface area (Å²) in [7, 11) is -3.82. The summed E-state index contributed by atoms with van der Waals surface area (Å²) in [4.78, 5) is -0.258. The predicted octanol–water partition coefficient (Wildman–Crippen LogP) is 2.39. The molecule has 1 aromatic heterocycles. The van der Waals surface area contributed by atoms with E-state index in [2.05, 4.69) is 0 Å². The van der Waals surface area contributed by atoms with E-state index in [4.69, 9.17) is 0 Å². The standard InChI is InChI=1S/C14H15FN2O2S/c1-11-13-6-4-8-16(13)9-10-17(11)20(18,19)14-7-3-2-5-12(14)15/h2-8,11H,9-10H2,1H3. The van der Waals surface area contributed by atoms with Gasteiger partial charge in [-0.15, -0.1) is 0 Å². The Bertz CT molecular complexity index is 739. The zero-order valence-corrected chi connectivity index (χ0v) is 11.8. The number of aromatic nitrogens is 1. The average Bonchev–Trinajstić information content (AvgIpc) is 2.88. The van der Waals surface area contributed by atoms with Crippen LogP contribution in [0.2, 0.25) is 0 Å². The molecule has 1 aliphatic rings. The molecule has 2 aromatic rings. The molecular formula is C14H15FN2O2S. The Morgan fingerprint density at radius 1 is 1.15 bits per heavy atom. The van der Waals surface area contributed by atoms with Crippen LogP contribution in [0.5, 0.6) is 0 Å². The van der Waals surface area contributed by atoms with Gasteiger partial charge in [0.05, 0.1) is 6.04 Å². The Labute approximate surface area is 117 Å². The molecule has 0 saturated carbocycles. The Kier molecular flexibility index (Phi) is 3.14. The normalized spacial score (nSPS) is 19.8. The lowest BCUT2D eigenvalue weighted by atomic mass is 10.2. The highest BCUT2D eigenvalue weighted by Crippen LogP contribution is 2.31. The highest BCUT2D eigenvalue weighted by Gasteiger charge is 2.35. The van der Waals surface area contributed by atoms with Crippen molar-refractivity contribution in [3.8, 4) is 0 Å². The van der Waals surface area contributed by atoms with E-state index >= 15 is 0 Å². The Hall–Kier alpha value is -1.66. The van der Waals surface area contributed by atoms with Crippen LogP contribution < -0.4 is 0 Å². The van der Waals surface area contributed by atoms with E-state index in [0.717, 1.165) is 5.69 Å². The van der Waals surface area contributed by atoms with Crippen LogP contribution in [0, 0.1) is 5.82 Å². The molecule has 1 unspecified atom stereocenters. The highest BCUT2D eigenvalue weighted by molar-refractivity contribution is 7.89. The maximum atomic E-state index is 13.8. The Morgan fingerprint density at radius 2 is 1.90 bits per heavy atom. The molecule has 3 rings (SSSR count). The van der Waals surface area contributed by atoms with Crippen molar-refractivity contribution < 1.29 is 12.8 Å². The van der Waals surface area contributed by atoms with Crippen molar-refractivity contribution in [2.24, 2.45) is 0 Å². The fourth-order valence-corrected chi connectivity index (χ4v) is 4.33. The molecule has 0 spiro atoms. The van der Waals surface area contributed by atoms with E-state index in [1.54, 1.807) is 0 Å². The number of benzene rings is 1. The summed E-state index contributed by atoms with van der Waals surface area (Å²) in [5, 5.41) is 0. The number of fused-ring (bicyclic) bond motifs is 1. The molecule has 0 bridgehead atoms. The van der Waals surface area contributed by atoms with Crippen LogP contribution >= 0.6 is 0 Å². The first-order chi connectivity index (χ1) is 9.51. The molecule has 4 nitrogen and oxygen atoms in total. The average molecular weight is 294 g/mol. The van der Waals surface area contributed by atoms with Crippen molar-refractivity contribution in [2.75, 3.05) is 6.54 Å². The molecule has 0 fully saturated rings. The predicted molar refractivity (Wildman–Crippen MR) is 73.1 cm³/mol. The summed E-state index contributed by atoms with van der Waals surface area (Å²) in [6.07, 6.45) is 1.93. The van der Waals surface area contributed by atoms with Crippen molar-refractivity contribution in [1.82, 2.24) is 8.87 Å². The summed E-state index contributed by atoms with van der Waals surface area (Å²) < 4.78 is 42.4. The second kappa shape index (κ2) is 4.71. The second-order valence-electron chi connectivity index (χ2n) is 4.85. The first kappa shape index (κ1) is 13.3. The molecule has 0 aliphatic carbocycles. The minimum Gasteiger partial charge on any atom is -0.349 e. The Morgan fingerprint density at radius 3 is 2.65 bits per heavy atom. The molecule has 1 atom stereocenters. The van der Waals surface area contributed by atoms with Crippen LogP contribution in [0.15, 0.2) is 47.5 Å². The van der Waals surface area contributed by atoms with Crippen molar-refractivity contribution in [2.45, 2.75) is 24.4 Å². The van der Waals surface area contributed by atoms with Gasteiger partial charge in [0.2, 0.25) is 10.0 Å². The molecule has 6 heteroatoms. The minimum absolute atomic E-state index is 0.258. The lowest BCUT2D eigenvalue weighted by Crippen LogP contribution is -2.40. The number of nitrogens with zero attached hydrogens (tertiary/aromatic N) is 2. The number of rotatable bonds is 2. The largest absolute Gasteiger partial charge is 0.349 e. The van der Waals surface area contributed by atoms with Gasteiger partial charge >= 0.3 is 0 Å². The van der Waals surface area contributed by atoms with Gasteiger partial charge in [0.25, 0.3) is 0 Å². The fourth-order valence-electron chi connectivity index (χ4n) is 2.67. The lowest BCUT2D eigenvalue weighted by molar-refractivity contribution is 0.281. The zero-order valence-electron chi connectivity index (χ0n) is 11.0. The van der Waals surface area contributed by atoms with Crippen LogP contribution in [-0.2, 0) is 16.6 Å². The molecule has 1 aliphatic heterocycles. The third kappa shape index (κ3) is 1.96. The van der Waals surface area contributed by atoms with E-state index in [-0.39, 0.29) is 10.9 Å². The number of hydrogen-bond donors (Lipinski definition) is 0. The monoisotopic (exact) mass is 294 g/mol. The summed E-state index contributed by atoms with van der Waals surface area (Å²) in [6, 6.07) is 8.99. The van der Waals surface area contributed by atoms with Crippen LogP contribution in [0.3, 0.4) is 0 Å². The van der Waals surface area contributed by atoms with Gasteiger partial charge in [-0.1, -0.05) is 12.1 Å². The molecule has 0 amide bonds. The van der Waals surface area contributed by atoms with Crippen molar-refractivity contribution in [3.05, 3.63) is 54.1 Å². The number of halogens is 1. The molecule has 1 aromatic carbocycles. The molecular weight excluding hydrogens is 279 g/mol. The maximum absolute atomic E-state index is 13.8. The Balaban J connectivity index is 2.04. The van der Waals surface area contributed by atoms with Crippen LogP contribution in [0.4, 0.5) is 4.39 Å². The van der Waals surface area contributed by atoms with Gasteiger partial charge in [0, 0.05) is 25.0 Å². The van der Waals surface area contributed by atoms with E-state index in [1.165, 1.54) is 28.6 Å². The number of hydrogen-bond acceptors (Lipinski definition) is 2. The van der Waals surface area contributed by atoms with Crippen molar-refractivity contribution in [3.63, 3.8) is 0 Å². The first-order valence-corrected chi connectivity index (χ1v) is 7.87. The van der Waals surface area contributed by atoms with Gasteiger partial charge in [-0.3, -0.25) is 0 Å². The van der Waals surface area contributed by atoms with Crippen LogP contribution in [0.25, 0.3) is 0 Å². The molecule has 0 saturated heterocycles. The van der Waals surface area contributed by atoms with E-state index < -0.39 is 15.8 Å². The van der Waals surface area contributed by atoms with Crippen LogP contribution in [-0.4, -0.2) is 23.8 Å². The highest BCUT2D eigenvalue weighted by atomic mass is 32.2. The van der Waals surface area contributed by atoms with E-state index in [9.17, 15) is 12.8 Å². The van der Waals surface area contributed by atoms with Gasteiger partial charge in [0.15, 0.2) is 0 Å². The topological polar surface area (TPSA) is 42.3 Å². The minimum atomic E-state index is -3.82. The van der Waals surface area contributed by atoms with Gasteiger partial charge in [0.1, 0.15) is 10.7 Å². The maximum Gasteiger partial charge on any atom is 0.246 e. The fraction of sp³-hybridized carbons (Fsp3) is 0.286. The van der Waals surface area contributed by atoms with Crippen LogP contribution in [0.1, 0.15) is 18.7 Å². The summed E-state index contributed by atoms with van der Waals surface area (Å²) in [5.41, 5.74) is 0.927. The summed E-state index contributed by atoms with van der Waals surface area (Å²) >= 11 is 0. The molecule has 106 valence electrons. The summed E-state index contributed by atoms with van der Waals surface area (Å²) in [6.45, 7) is 2.75. The first-order valence-electron chi connectivity index (χ1n) is 6.43. The van der Waals surface area contributed by atoms with Gasteiger partial charge < -0.3 is 4.57 Å². The molecule has 20 heavy (non-hydrogen) atoms. The van der Waals surface area contributed by atoms with Gasteiger partial charge in [-0.05, 0) is 31.2 Å². The van der Waals surface area contributed by atoms with Gasteiger partial charge in [-0.25, -0.2) is 12.8 Å². The van der Waals surface area contributed by atoms with E-state index in [0.29, 0.717) is 13.1 Å². The van der Waals surface area contributed by atoms with Crippen molar-refractivity contribution in [1.29, 1.82) is 0 Å². The smallest absolute Gasteiger partial charge is 0.246 e. The molecule has 0 N–H and O–H groups in total. The lowest BCUT2D eigenvalue weighted by Gasteiger charge is -2.33. The quantitative estimate of drug-likeness (QED) is 0.853. The number of sulfonamides is 1. The zero-order chi connectivity index (χ0) is 14.3. The third-order valence-corrected chi connectivity index (χ3v) is 5.71. The third-order valence-electron chi connectivity index (χ3n) is 3.71. The summed E-state index contributed by atoms with van der Waals surface area (Å²) in [5.74, 6) is -0.708.